The van der Waals surface area contributed by atoms with Gasteiger partial charge in [0.05, 0.1) is 0 Å². The van der Waals surface area contributed by atoms with Crippen LogP contribution in [0.2, 0.25) is 39.3 Å². The molecule has 0 N–H and O–H groups in total. The van der Waals surface area contributed by atoms with Gasteiger partial charge in [-0.05, 0) is 45.7 Å². The first-order valence-corrected chi connectivity index (χ1v) is 12.9. The SMILES string of the molecule is CCCC([O])C(O[Si](C)(C)C)O[Si](C)(C)C. The second-order valence-corrected chi connectivity index (χ2v) is 15.1. The molecular formula is C11H27O3Si2. The van der Waals surface area contributed by atoms with Crippen LogP contribution in [0.5, 0.6) is 0 Å². The third-order valence-corrected chi connectivity index (χ3v) is 3.69. The highest BCUT2D eigenvalue weighted by Gasteiger charge is 2.32. The van der Waals surface area contributed by atoms with Crippen molar-refractivity contribution in [3.63, 3.8) is 0 Å². The normalized spacial score (nSPS) is 15.6. The lowest BCUT2D eigenvalue weighted by Gasteiger charge is -2.33. The van der Waals surface area contributed by atoms with E-state index in [0.717, 1.165) is 6.42 Å². The Kier molecular flexibility index (Phi) is 6.43. The van der Waals surface area contributed by atoms with Gasteiger partial charge in [0.15, 0.2) is 22.9 Å². The van der Waals surface area contributed by atoms with Gasteiger partial charge in [-0.3, -0.25) is 0 Å². The van der Waals surface area contributed by atoms with Crippen LogP contribution in [0.4, 0.5) is 0 Å². The second kappa shape index (κ2) is 6.30. The molecular weight excluding hydrogens is 236 g/mol. The summed E-state index contributed by atoms with van der Waals surface area (Å²) in [5.41, 5.74) is 0. The molecule has 0 bridgehead atoms. The predicted molar refractivity (Wildman–Crippen MR) is 72.0 cm³/mol. The summed E-state index contributed by atoms with van der Waals surface area (Å²) in [6, 6.07) is 0. The van der Waals surface area contributed by atoms with Crippen LogP contribution in [0.25, 0.3) is 0 Å². The van der Waals surface area contributed by atoms with Crippen molar-refractivity contribution in [3.8, 4) is 0 Å². The van der Waals surface area contributed by atoms with Crippen LogP contribution in [0.1, 0.15) is 19.8 Å². The van der Waals surface area contributed by atoms with Crippen LogP contribution in [0.3, 0.4) is 0 Å². The van der Waals surface area contributed by atoms with E-state index >= 15 is 0 Å². The lowest BCUT2D eigenvalue weighted by Crippen LogP contribution is -2.45. The minimum Gasteiger partial charge on any atom is -0.392 e. The molecule has 1 radical (unpaired) electrons. The molecule has 0 aromatic rings. The van der Waals surface area contributed by atoms with E-state index in [2.05, 4.69) is 39.3 Å². The van der Waals surface area contributed by atoms with E-state index in [9.17, 15) is 5.11 Å². The largest absolute Gasteiger partial charge is 0.392 e. The Morgan fingerprint density at radius 1 is 0.938 bits per heavy atom. The minimum atomic E-state index is -1.71. The minimum absolute atomic E-state index is 0.543. The van der Waals surface area contributed by atoms with Crippen LogP contribution in [-0.4, -0.2) is 29.0 Å². The molecule has 0 heterocycles. The zero-order chi connectivity index (χ0) is 13.0. The summed E-state index contributed by atoms with van der Waals surface area (Å²) < 4.78 is 11.7. The van der Waals surface area contributed by atoms with Crippen LogP contribution < -0.4 is 0 Å². The van der Waals surface area contributed by atoms with Crippen LogP contribution >= 0.6 is 0 Å². The Morgan fingerprint density at radius 2 is 1.31 bits per heavy atom. The number of hydrogen-bond acceptors (Lipinski definition) is 2. The fraction of sp³-hybridized carbons (Fsp3) is 1.00. The topological polar surface area (TPSA) is 38.4 Å². The lowest BCUT2D eigenvalue weighted by molar-refractivity contribution is -0.124. The lowest BCUT2D eigenvalue weighted by atomic mass is 10.2. The molecule has 1 unspecified atom stereocenters. The molecule has 0 spiro atoms. The van der Waals surface area contributed by atoms with Gasteiger partial charge < -0.3 is 8.85 Å². The molecule has 5 heteroatoms. The van der Waals surface area contributed by atoms with Crippen molar-refractivity contribution in [1.82, 2.24) is 0 Å². The Morgan fingerprint density at radius 3 is 1.56 bits per heavy atom. The third-order valence-electron chi connectivity index (χ3n) is 1.82. The van der Waals surface area contributed by atoms with Gasteiger partial charge in [-0.1, -0.05) is 13.3 Å². The van der Waals surface area contributed by atoms with E-state index < -0.39 is 29.0 Å². The number of hydrogen-bond donors (Lipinski definition) is 0. The van der Waals surface area contributed by atoms with Crippen molar-refractivity contribution < 1.29 is 14.0 Å². The molecule has 0 saturated heterocycles. The first-order chi connectivity index (χ1) is 7.05. The number of rotatable bonds is 7. The molecule has 1 atom stereocenters. The smallest absolute Gasteiger partial charge is 0.187 e. The maximum atomic E-state index is 12.0. The Bertz CT molecular complexity index is 180. The van der Waals surface area contributed by atoms with Gasteiger partial charge in [0, 0.05) is 0 Å². The summed E-state index contributed by atoms with van der Waals surface area (Å²) in [6.45, 7) is 14.6. The van der Waals surface area contributed by atoms with Gasteiger partial charge in [-0.2, -0.15) is 0 Å². The van der Waals surface area contributed by atoms with E-state index in [-0.39, 0.29) is 0 Å². The highest BCUT2D eigenvalue weighted by atomic mass is 28.4. The first-order valence-electron chi connectivity index (χ1n) is 6.06. The van der Waals surface area contributed by atoms with E-state index in [1.54, 1.807) is 0 Å². The highest BCUT2D eigenvalue weighted by Crippen LogP contribution is 2.19. The van der Waals surface area contributed by atoms with E-state index in [1.807, 2.05) is 6.92 Å². The second-order valence-electron chi connectivity index (χ2n) is 6.16. The fourth-order valence-electron chi connectivity index (χ4n) is 1.29. The molecule has 0 amide bonds. The molecule has 0 aliphatic rings. The predicted octanol–water partition coefficient (Wildman–Crippen LogP) is 3.61. The van der Waals surface area contributed by atoms with Crippen molar-refractivity contribution in [2.24, 2.45) is 0 Å². The molecule has 16 heavy (non-hydrogen) atoms. The summed E-state index contributed by atoms with van der Waals surface area (Å²) in [4.78, 5) is 0. The molecule has 0 aliphatic heterocycles. The average Bonchev–Trinajstić information content (AvgIpc) is 1.97. The van der Waals surface area contributed by atoms with Crippen LogP contribution in [-0.2, 0) is 14.0 Å². The standard InChI is InChI=1S/C11H27O3Si2/c1-8-9-10(12)11(13-15(2,3)4)14-16(5,6)7/h10-11H,8-9H2,1-7H3. The average molecular weight is 264 g/mol. The van der Waals surface area contributed by atoms with Crippen molar-refractivity contribution in [3.05, 3.63) is 0 Å². The van der Waals surface area contributed by atoms with Crippen molar-refractivity contribution in [2.75, 3.05) is 0 Å². The summed E-state index contributed by atoms with van der Waals surface area (Å²) >= 11 is 0. The molecule has 0 aromatic heterocycles. The Hall–Kier alpha value is 0.314. The van der Waals surface area contributed by atoms with Crippen molar-refractivity contribution in [2.45, 2.75) is 71.4 Å². The van der Waals surface area contributed by atoms with Gasteiger partial charge in [0.25, 0.3) is 0 Å². The van der Waals surface area contributed by atoms with E-state index in [0.29, 0.717) is 6.42 Å². The molecule has 0 aliphatic carbocycles. The summed E-state index contributed by atoms with van der Waals surface area (Å²) in [6.07, 6.45) is 0.218. The molecule has 0 saturated carbocycles. The highest BCUT2D eigenvalue weighted by molar-refractivity contribution is 6.70. The van der Waals surface area contributed by atoms with Gasteiger partial charge in [-0.25, -0.2) is 5.11 Å². The van der Waals surface area contributed by atoms with Gasteiger partial charge in [0.2, 0.25) is 0 Å². The van der Waals surface area contributed by atoms with Gasteiger partial charge in [-0.15, -0.1) is 0 Å². The molecule has 0 fully saturated rings. The maximum absolute atomic E-state index is 12.0. The fourth-order valence-corrected chi connectivity index (χ4v) is 3.18. The maximum Gasteiger partial charge on any atom is 0.187 e. The molecule has 0 aromatic carbocycles. The first kappa shape index (κ1) is 16.3. The zero-order valence-corrected chi connectivity index (χ0v) is 13.8. The molecule has 97 valence electrons. The molecule has 0 rings (SSSR count). The molecule has 3 nitrogen and oxygen atoms in total. The Labute approximate surface area is 102 Å². The monoisotopic (exact) mass is 263 g/mol. The third kappa shape index (κ3) is 8.46. The van der Waals surface area contributed by atoms with E-state index in [4.69, 9.17) is 8.85 Å². The summed E-state index contributed by atoms with van der Waals surface area (Å²) in [5.74, 6) is 0. The van der Waals surface area contributed by atoms with Crippen LogP contribution in [0, 0.1) is 0 Å². The summed E-state index contributed by atoms with van der Waals surface area (Å²) in [7, 11) is -3.43. The van der Waals surface area contributed by atoms with Crippen molar-refractivity contribution >= 4 is 16.6 Å². The van der Waals surface area contributed by atoms with E-state index in [1.165, 1.54) is 0 Å². The quantitative estimate of drug-likeness (QED) is 0.520. The van der Waals surface area contributed by atoms with Gasteiger partial charge >= 0.3 is 0 Å². The van der Waals surface area contributed by atoms with Gasteiger partial charge in [0.1, 0.15) is 6.10 Å². The van der Waals surface area contributed by atoms with Crippen molar-refractivity contribution in [1.29, 1.82) is 0 Å². The van der Waals surface area contributed by atoms with Crippen LogP contribution in [0.15, 0.2) is 0 Å². The zero-order valence-electron chi connectivity index (χ0n) is 11.8. The summed E-state index contributed by atoms with van der Waals surface area (Å²) in [5, 5.41) is 12.0. The Balaban J connectivity index is 4.51.